The Labute approximate surface area is 141 Å². The summed E-state index contributed by atoms with van der Waals surface area (Å²) in [6.45, 7) is 0.142. The average Bonchev–Trinajstić information content (AvgIpc) is 2.57. The van der Waals surface area contributed by atoms with Crippen LogP contribution in [0.2, 0.25) is 0 Å². The number of allylic oxidation sites excluding steroid dienone is 1. The van der Waals surface area contributed by atoms with Gasteiger partial charge in [-0.2, -0.15) is 0 Å². The van der Waals surface area contributed by atoms with Crippen molar-refractivity contribution < 1.29 is 27.1 Å². The van der Waals surface area contributed by atoms with Crippen molar-refractivity contribution in [3.8, 4) is 0 Å². The summed E-state index contributed by atoms with van der Waals surface area (Å²) in [5, 5.41) is 0. The van der Waals surface area contributed by atoms with Gasteiger partial charge in [-0.15, -0.1) is 0 Å². The summed E-state index contributed by atoms with van der Waals surface area (Å²) >= 11 is 0. The maximum atomic E-state index is 13.3. The van der Waals surface area contributed by atoms with Gasteiger partial charge in [-0.3, -0.25) is 4.79 Å². The van der Waals surface area contributed by atoms with E-state index < -0.39 is 23.3 Å². The quantitative estimate of drug-likeness (QED) is 0.583. The predicted octanol–water partition coefficient (Wildman–Crippen LogP) is 4.66. The molecule has 0 radical (unpaired) electrons. The highest BCUT2D eigenvalue weighted by molar-refractivity contribution is 6.05. The van der Waals surface area contributed by atoms with E-state index in [2.05, 4.69) is 0 Å². The van der Waals surface area contributed by atoms with Gasteiger partial charge in [0.05, 0.1) is 12.2 Å². The van der Waals surface area contributed by atoms with Crippen LogP contribution in [0.15, 0.2) is 47.7 Å². The van der Waals surface area contributed by atoms with Crippen LogP contribution >= 0.6 is 0 Å². The number of Topliss-reactive ketones (excluding diaryl/α,β-unsaturated/α-hetero) is 1. The van der Waals surface area contributed by atoms with Gasteiger partial charge in [-0.05, 0) is 47.5 Å². The van der Waals surface area contributed by atoms with Crippen LogP contribution in [0.1, 0.15) is 17.5 Å². The summed E-state index contributed by atoms with van der Waals surface area (Å²) in [4.78, 5) is 12.2. The van der Waals surface area contributed by atoms with Crippen molar-refractivity contribution in [3.63, 3.8) is 0 Å². The molecule has 0 N–H and O–H groups in total. The van der Waals surface area contributed by atoms with E-state index in [-0.39, 0.29) is 35.7 Å². The number of ketones is 1. The third-order valence-electron chi connectivity index (χ3n) is 3.65. The monoisotopic (exact) mass is 348 g/mol. The average molecular weight is 348 g/mol. The first-order valence-electron chi connectivity index (χ1n) is 7.44. The Hall–Kier alpha value is -2.89. The van der Waals surface area contributed by atoms with Crippen molar-refractivity contribution in [2.24, 2.45) is 0 Å². The van der Waals surface area contributed by atoms with Crippen molar-refractivity contribution in [2.45, 2.75) is 6.42 Å². The first-order valence-corrected chi connectivity index (χ1v) is 7.44. The number of hydrogen-bond acceptors (Lipinski definition) is 2. The fraction of sp³-hybridized carbons (Fsp3) is 0.105. The van der Waals surface area contributed by atoms with Gasteiger partial charge in [0.1, 0.15) is 5.76 Å². The van der Waals surface area contributed by atoms with Crippen molar-refractivity contribution in [3.05, 3.63) is 82.1 Å². The molecule has 1 aliphatic heterocycles. The zero-order valence-electron chi connectivity index (χ0n) is 12.9. The lowest BCUT2D eigenvalue weighted by molar-refractivity contribution is -0.117. The Morgan fingerprint density at radius 3 is 1.92 bits per heavy atom. The van der Waals surface area contributed by atoms with Crippen LogP contribution in [-0.4, -0.2) is 12.4 Å². The van der Waals surface area contributed by atoms with Crippen molar-refractivity contribution in [1.82, 2.24) is 0 Å². The standard InChI is InChI=1S/C19H12F4O2/c20-14-3-1-11(8-16(14)22)7-13-18(24)5-6-25-19(13)10-12-2-4-15(21)17(23)9-12/h1-4,7-10H,5-6H2. The van der Waals surface area contributed by atoms with Gasteiger partial charge < -0.3 is 4.74 Å². The summed E-state index contributed by atoms with van der Waals surface area (Å²) < 4.78 is 58.2. The van der Waals surface area contributed by atoms with Crippen LogP contribution in [0.25, 0.3) is 12.2 Å². The third kappa shape index (κ3) is 3.79. The number of halogens is 4. The maximum absolute atomic E-state index is 13.3. The Balaban J connectivity index is 2.02. The Morgan fingerprint density at radius 2 is 1.36 bits per heavy atom. The fourth-order valence-corrected chi connectivity index (χ4v) is 2.40. The topological polar surface area (TPSA) is 26.3 Å². The molecule has 6 heteroatoms. The minimum atomic E-state index is -1.04. The maximum Gasteiger partial charge on any atom is 0.170 e. The highest BCUT2D eigenvalue weighted by Crippen LogP contribution is 2.26. The van der Waals surface area contributed by atoms with Crippen LogP contribution in [0.3, 0.4) is 0 Å². The molecule has 0 amide bonds. The molecule has 0 atom stereocenters. The molecule has 2 nitrogen and oxygen atoms in total. The van der Waals surface area contributed by atoms with E-state index >= 15 is 0 Å². The molecule has 1 fully saturated rings. The van der Waals surface area contributed by atoms with Crippen molar-refractivity contribution in [2.75, 3.05) is 6.61 Å². The fourth-order valence-electron chi connectivity index (χ4n) is 2.40. The van der Waals surface area contributed by atoms with E-state index in [0.717, 1.165) is 24.3 Å². The Bertz CT molecular complexity index is 900. The number of hydrogen-bond donors (Lipinski definition) is 0. The summed E-state index contributed by atoms with van der Waals surface area (Å²) in [6.07, 6.45) is 2.89. The largest absolute Gasteiger partial charge is 0.492 e. The molecule has 25 heavy (non-hydrogen) atoms. The number of ether oxygens (including phenoxy) is 1. The first kappa shape index (κ1) is 17.0. The lowest BCUT2D eigenvalue weighted by Crippen LogP contribution is -2.17. The lowest BCUT2D eigenvalue weighted by Gasteiger charge is -2.19. The summed E-state index contributed by atoms with van der Waals surface area (Å²) in [6, 6.07) is 6.50. The molecule has 1 heterocycles. The third-order valence-corrected chi connectivity index (χ3v) is 3.65. The predicted molar refractivity (Wildman–Crippen MR) is 84.2 cm³/mol. The highest BCUT2D eigenvalue weighted by atomic mass is 19.2. The molecule has 0 aromatic heterocycles. The van der Waals surface area contributed by atoms with E-state index in [9.17, 15) is 22.4 Å². The second-order valence-corrected chi connectivity index (χ2v) is 5.44. The zero-order valence-corrected chi connectivity index (χ0v) is 12.9. The first-order chi connectivity index (χ1) is 11.9. The van der Waals surface area contributed by atoms with E-state index in [1.54, 1.807) is 0 Å². The van der Waals surface area contributed by atoms with Crippen LogP contribution < -0.4 is 0 Å². The molecule has 128 valence electrons. The Kier molecular flexibility index (Phi) is 4.70. The smallest absolute Gasteiger partial charge is 0.170 e. The number of benzene rings is 2. The summed E-state index contributed by atoms with van der Waals surface area (Å²) in [5.74, 6) is -4.13. The molecule has 1 saturated heterocycles. The van der Waals surface area contributed by atoms with E-state index in [1.165, 1.54) is 24.3 Å². The van der Waals surface area contributed by atoms with E-state index in [4.69, 9.17) is 4.74 Å². The molecule has 0 bridgehead atoms. The second kappa shape index (κ2) is 6.93. The van der Waals surface area contributed by atoms with Crippen LogP contribution in [0, 0.1) is 23.3 Å². The van der Waals surface area contributed by atoms with Crippen LogP contribution in [0.4, 0.5) is 17.6 Å². The van der Waals surface area contributed by atoms with Crippen LogP contribution in [0.5, 0.6) is 0 Å². The van der Waals surface area contributed by atoms with Crippen molar-refractivity contribution in [1.29, 1.82) is 0 Å². The molecule has 0 unspecified atom stereocenters. The molecule has 3 rings (SSSR count). The molecule has 2 aromatic rings. The molecule has 0 aliphatic carbocycles. The zero-order chi connectivity index (χ0) is 18.0. The van der Waals surface area contributed by atoms with Gasteiger partial charge >= 0.3 is 0 Å². The van der Waals surface area contributed by atoms with E-state index in [1.807, 2.05) is 0 Å². The summed E-state index contributed by atoms with van der Waals surface area (Å²) in [5.41, 5.74) is 0.741. The van der Waals surface area contributed by atoms with Gasteiger partial charge in [0.25, 0.3) is 0 Å². The highest BCUT2D eigenvalue weighted by Gasteiger charge is 2.22. The van der Waals surface area contributed by atoms with Gasteiger partial charge in [0, 0.05) is 6.42 Å². The molecule has 0 saturated carbocycles. The minimum absolute atomic E-state index is 0.130. The number of carbonyl (C=O) groups excluding carboxylic acids is 1. The van der Waals surface area contributed by atoms with Gasteiger partial charge in [0.15, 0.2) is 29.1 Å². The molecule has 2 aromatic carbocycles. The molecular formula is C19H12F4O2. The van der Waals surface area contributed by atoms with Gasteiger partial charge in [-0.25, -0.2) is 17.6 Å². The number of rotatable bonds is 2. The lowest BCUT2D eigenvalue weighted by atomic mass is 9.99. The SMILES string of the molecule is O=C1CCOC(=Cc2ccc(F)c(F)c2)C1=Cc1ccc(F)c(F)c1. The van der Waals surface area contributed by atoms with Gasteiger partial charge in [0.2, 0.25) is 0 Å². The Morgan fingerprint density at radius 1 is 0.800 bits per heavy atom. The minimum Gasteiger partial charge on any atom is -0.492 e. The molecule has 0 spiro atoms. The van der Waals surface area contributed by atoms with E-state index in [0.29, 0.717) is 5.56 Å². The normalized spacial score (nSPS) is 17.8. The number of carbonyl (C=O) groups is 1. The molecule has 1 aliphatic rings. The van der Waals surface area contributed by atoms with Crippen molar-refractivity contribution >= 4 is 17.9 Å². The summed E-state index contributed by atoms with van der Waals surface area (Å²) in [7, 11) is 0. The second-order valence-electron chi connectivity index (χ2n) is 5.44. The molecular weight excluding hydrogens is 336 g/mol. The van der Waals surface area contributed by atoms with Gasteiger partial charge in [-0.1, -0.05) is 12.1 Å². The van der Waals surface area contributed by atoms with Crippen LogP contribution in [-0.2, 0) is 9.53 Å².